The monoisotopic (exact) mass is 301 g/mol. The van der Waals surface area contributed by atoms with Crippen LogP contribution >= 0.6 is 0 Å². The van der Waals surface area contributed by atoms with Gasteiger partial charge in [0.1, 0.15) is 0 Å². The average Bonchev–Trinajstić information content (AvgIpc) is 2.42. The van der Waals surface area contributed by atoms with E-state index in [2.05, 4.69) is 43.2 Å². The lowest BCUT2D eigenvalue weighted by Gasteiger charge is -2.33. The molecule has 0 aromatic heterocycles. The van der Waals surface area contributed by atoms with E-state index in [0.717, 1.165) is 59.1 Å². The Kier molecular flexibility index (Phi) is 9.44. The molecular formula is C16H35N3O2. The molecule has 0 saturated carbocycles. The summed E-state index contributed by atoms with van der Waals surface area (Å²) in [5.74, 6) is 0. The number of nitrogens with zero attached hydrogens (tertiary/aromatic N) is 1. The predicted molar refractivity (Wildman–Crippen MR) is 87.9 cm³/mol. The van der Waals surface area contributed by atoms with Crippen molar-refractivity contribution in [1.82, 2.24) is 15.5 Å². The topological polar surface area (TPSA) is 45.8 Å². The molecule has 1 aliphatic heterocycles. The van der Waals surface area contributed by atoms with Gasteiger partial charge in [-0.3, -0.25) is 4.90 Å². The maximum absolute atomic E-state index is 5.78. The Balaban J connectivity index is 2.01. The molecule has 126 valence electrons. The molecule has 21 heavy (non-hydrogen) atoms. The Morgan fingerprint density at radius 3 is 2.76 bits per heavy atom. The largest absolute Gasteiger partial charge is 0.379 e. The molecule has 1 atom stereocenters. The molecular weight excluding hydrogens is 266 g/mol. The van der Waals surface area contributed by atoms with E-state index in [9.17, 15) is 0 Å². The molecule has 1 heterocycles. The number of morpholine rings is 1. The zero-order valence-electron chi connectivity index (χ0n) is 14.4. The third-order valence-corrected chi connectivity index (χ3v) is 3.48. The fourth-order valence-corrected chi connectivity index (χ4v) is 2.34. The highest BCUT2D eigenvalue weighted by atomic mass is 16.5. The summed E-state index contributed by atoms with van der Waals surface area (Å²) in [5, 5.41) is 6.86. The zero-order chi connectivity index (χ0) is 15.6. The highest BCUT2D eigenvalue weighted by Crippen LogP contribution is 2.04. The second kappa shape index (κ2) is 10.5. The summed E-state index contributed by atoms with van der Waals surface area (Å²) in [7, 11) is 0. The number of nitrogens with one attached hydrogen (secondary N) is 2. The van der Waals surface area contributed by atoms with Gasteiger partial charge < -0.3 is 20.1 Å². The second-order valence-corrected chi connectivity index (χ2v) is 6.79. The van der Waals surface area contributed by atoms with Gasteiger partial charge in [0.25, 0.3) is 0 Å². The van der Waals surface area contributed by atoms with Gasteiger partial charge in [0.05, 0.1) is 25.9 Å². The Bertz CT molecular complexity index is 256. The van der Waals surface area contributed by atoms with Crippen LogP contribution in [0.5, 0.6) is 0 Å². The average molecular weight is 301 g/mol. The van der Waals surface area contributed by atoms with Crippen LogP contribution in [0.2, 0.25) is 0 Å². The first-order valence-corrected chi connectivity index (χ1v) is 8.38. The second-order valence-electron chi connectivity index (χ2n) is 6.79. The van der Waals surface area contributed by atoms with Crippen molar-refractivity contribution in [3.63, 3.8) is 0 Å². The highest BCUT2D eigenvalue weighted by Gasteiger charge is 2.19. The molecule has 1 saturated heterocycles. The summed E-state index contributed by atoms with van der Waals surface area (Å²) >= 11 is 0. The van der Waals surface area contributed by atoms with Gasteiger partial charge in [0.15, 0.2) is 0 Å². The van der Waals surface area contributed by atoms with Crippen molar-refractivity contribution >= 4 is 0 Å². The minimum atomic E-state index is 0.173. The molecule has 0 aromatic rings. The molecule has 0 radical (unpaired) electrons. The van der Waals surface area contributed by atoms with Crippen molar-refractivity contribution in [1.29, 1.82) is 0 Å². The van der Waals surface area contributed by atoms with E-state index >= 15 is 0 Å². The van der Waals surface area contributed by atoms with Crippen LogP contribution in [0.3, 0.4) is 0 Å². The van der Waals surface area contributed by atoms with Crippen molar-refractivity contribution in [3.8, 4) is 0 Å². The first-order chi connectivity index (χ1) is 10.0. The van der Waals surface area contributed by atoms with Gasteiger partial charge in [0, 0.05) is 38.3 Å². The Morgan fingerprint density at radius 2 is 2.05 bits per heavy atom. The Hall–Kier alpha value is -0.200. The first-order valence-electron chi connectivity index (χ1n) is 8.38. The van der Waals surface area contributed by atoms with Gasteiger partial charge in [-0.15, -0.1) is 0 Å². The summed E-state index contributed by atoms with van der Waals surface area (Å²) < 4.78 is 11.5. The maximum Gasteiger partial charge on any atom is 0.0826 e. The van der Waals surface area contributed by atoms with Crippen LogP contribution in [-0.2, 0) is 9.47 Å². The van der Waals surface area contributed by atoms with E-state index in [1.54, 1.807) is 0 Å². The fourth-order valence-electron chi connectivity index (χ4n) is 2.34. The maximum atomic E-state index is 5.78. The third kappa shape index (κ3) is 10.2. The van der Waals surface area contributed by atoms with Crippen LogP contribution in [0.1, 0.15) is 34.1 Å². The number of rotatable bonds is 10. The molecule has 2 N–H and O–H groups in total. The number of hydrogen-bond acceptors (Lipinski definition) is 5. The molecule has 5 heteroatoms. The van der Waals surface area contributed by atoms with Gasteiger partial charge in [-0.1, -0.05) is 6.92 Å². The summed E-state index contributed by atoms with van der Waals surface area (Å²) in [6.45, 7) is 17.1. The molecule has 0 spiro atoms. The SMILES string of the molecule is CCCNCC1CN(CCOCCNC(C)(C)C)CCO1. The summed E-state index contributed by atoms with van der Waals surface area (Å²) in [6, 6.07) is 0. The van der Waals surface area contributed by atoms with Gasteiger partial charge >= 0.3 is 0 Å². The minimum Gasteiger partial charge on any atom is -0.379 e. The van der Waals surface area contributed by atoms with E-state index in [1.807, 2.05) is 0 Å². The molecule has 1 unspecified atom stereocenters. The minimum absolute atomic E-state index is 0.173. The van der Waals surface area contributed by atoms with Gasteiger partial charge in [-0.05, 0) is 33.7 Å². The van der Waals surface area contributed by atoms with Crippen molar-refractivity contribution < 1.29 is 9.47 Å². The highest BCUT2D eigenvalue weighted by molar-refractivity contribution is 4.73. The van der Waals surface area contributed by atoms with E-state index in [4.69, 9.17) is 9.47 Å². The summed E-state index contributed by atoms with van der Waals surface area (Å²) in [5.41, 5.74) is 0.173. The molecule has 1 aliphatic rings. The van der Waals surface area contributed by atoms with E-state index < -0.39 is 0 Å². The summed E-state index contributed by atoms with van der Waals surface area (Å²) in [6.07, 6.45) is 1.50. The normalized spacial score (nSPS) is 20.9. The number of hydrogen-bond donors (Lipinski definition) is 2. The van der Waals surface area contributed by atoms with Crippen molar-refractivity contribution in [2.45, 2.75) is 45.8 Å². The lowest BCUT2D eigenvalue weighted by atomic mass is 10.1. The third-order valence-electron chi connectivity index (χ3n) is 3.48. The molecule has 0 bridgehead atoms. The van der Waals surface area contributed by atoms with E-state index in [-0.39, 0.29) is 5.54 Å². The van der Waals surface area contributed by atoms with Crippen LogP contribution in [-0.4, -0.2) is 75.6 Å². The van der Waals surface area contributed by atoms with E-state index in [1.165, 1.54) is 6.42 Å². The standard InChI is InChI=1S/C16H35N3O2/c1-5-6-17-13-15-14-19(9-12-21-15)8-11-20-10-7-18-16(2,3)4/h15,17-18H,5-14H2,1-4H3. The molecule has 0 aliphatic carbocycles. The van der Waals surface area contributed by atoms with Crippen LogP contribution in [0.4, 0.5) is 0 Å². The van der Waals surface area contributed by atoms with Crippen LogP contribution in [0.15, 0.2) is 0 Å². The predicted octanol–water partition coefficient (Wildman–Crippen LogP) is 1.09. The van der Waals surface area contributed by atoms with Crippen molar-refractivity contribution in [2.24, 2.45) is 0 Å². The van der Waals surface area contributed by atoms with Crippen molar-refractivity contribution in [2.75, 3.05) is 59.1 Å². The molecule has 0 amide bonds. The zero-order valence-corrected chi connectivity index (χ0v) is 14.4. The Morgan fingerprint density at radius 1 is 1.24 bits per heavy atom. The van der Waals surface area contributed by atoms with Gasteiger partial charge in [0.2, 0.25) is 0 Å². The van der Waals surface area contributed by atoms with Crippen LogP contribution < -0.4 is 10.6 Å². The smallest absolute Gasteiger partial charge is 0.0826 e. The van der Waals surface area contributed by atoms with Crippen LogP contribution in [0.25, 0.3) is 0 Å². The number of ether oxygens (including phenoxy) is 2. The molecule has 0 aromatic carbocycles. The van der Waals surface area contributed by atoms with Crippen LogP contribution in [0, 0.1) is 0 Å². The van der Waals surface area contributed by atoms with Crippen molar-refractivity contribution in [3.05, 3.63) is 0 Å². The fraction of sp³-hybridized carbons (Fsp3) is 1.00. The molecule has 1 fully saturated rings. The quantitative estimate of drug-likeness (QED) is 0.592. The summed E-state index contributed by atoms with van der Waals surface area (Å²) in [4.78, 5) is 2.44. The van der Waals surface area contributed by atoms with Gasteiger partial charge in [-0.2, -0.15) is 0 Å². The Labute approximate surface area is 130 Å². The van der Waals surface area contributed by atoms with Gasteiger partial charge in [-0.25, -0.2) is 0 Å². The lowest BCUT2D eigenvalue weighted by Crippen LogP contribution is -2.47. The first kappa shape index (κ1) is 18.8. The molecule has 5 nitrogen and oxygen atoms in total. The van der Waals surface area contributed by atoms with E-state index in [0.29, 0.717) is 6.10 Å². The lowest BCUT2D eigenvalue weighted by molar-refractivity contribution is -0.0347. The molecule has 1 rings (SSSR count).